The van der Waals surface area contributed by atoms with E-state index in [1.165, 1.54) is 87.0 Å². The van der Waals surface area contributed by atoms with Crippen molar-refractivity contribution in [1.29, 1.82) is 0 Å². The Morgan fingerprint density at radius 1 is 0.483 bits per heavy atom. The van der Waals surface area contributed by atoms with E-state index in [1.54, 1.807) is 0 Å². The van der Waals surface area contributed by atoms with Gasteiger partial charge < -0.3 is 4.90 Å². The molecule has 0 bridgehead atoms. The zero-order valence-electron chi connectivity index (χ0n) is 33.8. The number of hydrogen-bond acceptors (Lipinski definition) is 2. The van der Waals surface area contributed by atoms with Crippen LogP contribution in [0.15, 0.2) is 206 Å². The van der Waals surface area contributed by atoms with Crippen LogP contribution in [0.4, 0.5) is 17.1 Å². The van der Waals surface area contributed by atoms with E-state index in [2.05, 4.69) is 219 Å². The van der Waals surface area contributed by atoms with Crippen LogP contribution in [0, 0.1) is 0 Å². The molecule has 1 aromatic heterocycles. The molecule has 0 radical (unpaired) electrons. The molecule has 0 amide bonds. The van der Waals surface area contributed by atoms with Gasteiger partial charge in [0.25, 0.3) is 0 Å². The highest BCUT2D eigenvalue weighted by Gasteiger charge is 2.47. The lowest BCUT2D eigenvalue weighted by Gasteiger charge is -2.37. The number of nitrogens with zero attached hydrogens (tertiary/aromatic N) is 1. The summed E-state index contributed by atoms with van der Waals surface area (Å²) in [4.78, 5) is 2.49. The van der Waals surface area contributed by atoms with Crippen LogP contribution in [-0.4, -0.2) is 0 Å². The van der Waals surface area contributed by atoms with Gasteiger partial charge in [-0.3, -0.25) is 0 Å². The highest BCUT2D eigenvalue weighted by atomic mass is 32.1. The topological polar surface area (TPSA) is 3.24 Å². The lowest BCUT2D eigenvalue weighted by Crippen LogP contribution is -2.30. The van der Waals surface area contributed by atoms with Gasteiger partial charge >= 0.3 is 0 Å². The van der Waals surface area contributed by atoms with Gasteiger partial charge in [0.15, 0.2) is 0 Å². The van der Waals surface area contributed by atoms with Crippen molar-refractivity contribution in [3.63, 3.8) is 0 Å². The maximum Gasteiger partial charge on any atom is 0.0677 e. The first-order valence-electron chi connectivity index (χ1n) is 21.2. The first kappa shape index (κ1) is 35.2. The average molecular weight is 786 g/mol. The molecule has 286 valence electrons. The number of anilines is 3. The second-order valence-corrected chi connectivity index (χ2v) is 18.2. The predicted octanol–water partition coefficient (Wildman–Crippen LogP) is 15.9. The molecule has 3 aliphatic rings. The van der Waals surface area contributed by atoms with Crippen LogP contribution in [0.25, 0.3) is 48.0 Å². The molecule has 1 nitrogen and oxygen atoms in total. The van der Waals surface area contributed by atoms with E-state index in [0.717, 1.165) is 29.9 Å². The van der Waals surface area contributed by atoms with Crippen molar-refractivity contribution in [1.82, 2.24) is 0 Å². The number of fused-ring (bicyclic) bond motifs is 8. The molecule has 12 rings (SSSR count). The Hall–Kier alpha value is -6.74. The summed E-state index contributed by atoms with van der Waals surface area (Å²) in [6.07, 6.45) is 6.82. The molecule has 9 aromatic rings. The van der Waals surface area contributed by atoms with Gasteiger partial charge in [0.1, 0.15) is 0 Å². The van der Waals surface area contributed by atoms with Gasteiger partial charge in [-0.15, -0.1) is 11.3 Å². The molecule has 3 aliphatic carbocycles. The molecular formula is C58H43NS. The molecule has 0 atom stereocenters. The van der Waals surface area contributed by atoms with Crippen LogP contribution in [-0.2, 0) is 10.8 Å². The third-order valence-corrected chi connectivity index (χ3v) is 14.8. The largest absolute Gasteiger partial charge is 0.310 e. The van der Waals surface area contributed by atoms with Crippen molar-refractivity contribution in [2.75, 3.05) is 4.90 Å². The van der Waals surface area contributed by atoms with Crippen LogP contribution in [0.1, 0.15) is 60.1 Å². The standard InChI is InChI=1S/C58H43NS/c1-57(2)51-25-12-9-21-46(51)49-24-15-23-44(56(49)57)38-28-30-41(31-29-38)59(42-33-35-55-50(36-42)48-22-11-14-27-54(48)60-55)43-32-34-47-45-20-10-13-26-52(45)58(53(47)37-43,39-16-5-3-6-17-39)40-18-7-4-8-19-40/h3-12,14-25,27-37H,13,26H2,1-2H3. The van der Waals surface area contributed by atoms with Crippen LogP contribution in [0.5, 0.6) is 0 Å². The summed E-state index contributed by atoms with van der Waals surface area (Å²) in [5, 5.41) is 2.60. The van der Waals surface area contributed by atoms with Crippen LogP contribution in [0.3, 0.4) is 0 Å². The summed E-state index contributed by atoms with van der Waals surface area (Å²) in [7, 11) is 0. The third kappa shape index (κ3) is 5.04. The molecule has 2 heteroatoms. The number of allylic oxidation sites excluding steroid dienone is 4. The number of rotatable bonds is 6. The highest BCUT2D eigenvalue weighted by molar-refractivity contribution is 7.25. The maximum atomic E-state index is 2.51. The van der Waals surface area contributed by atoms with Gasteiger partial charge in [-0.05, 0) is 128 Å². The Balaban J connectivity index is 1.07. The number of thiophene rings is 1. The van der Waals surface area contributed by atoms with Crippen LogP contribution < -0.4 is 4.90 Å². The minimum atomic E-state index is -0.408. The molecule has 8 aromatic carbocycles. The summed E-state index contributed by atoms with van der Waals surface area (Å²) in [6.45, 7) is 4.76. The minimum Gasteiger partial charge on any atom is -0.310 e. The van der Waals surface area contributed by atoms with Crippen molar-refractivity contribution >= 4 is 54.1 Å². The van der Waals surface area contributed by atoms with Gasteiger partial charge in [0.05, 0.1) is 5.41 Å². The second kappa shape index (κ2) is 13.4. The van der Waals surface area contributed by atoms with E-state index in [-0.39, 0.29) is 5.41 Å². The monoisotopic (exact) mass is 785 g/mol. The Morgan fingerprint density at radius 3 is 1.92 bits per heavy atom. The van der Waals surface area contributed by atoms with Gasteiger partial charge in [0, 0.05) is 42.6 Å². The molecule has 0 fully saturated rings. The number of hydrogen-bond donors (Lipinski definition) is 0. The first-order chi connectivity index (χ1) is 29.5. The Morgan fingerprint density at radius 2 is 1.12 bits per heavy atom. The third-order valence-electron chi connectivity index (χ3n) is 13.6. The van der Waals surface area contributed by atoms with Crippen molar-refractivity contribution in [3.8, 4) is 22.3 Å². The SMILES string of the molecule is CC1(C)c2ccccc2-c2cccc(-c3ccc(N(c4ccc5c(c4)C(c4ccccc4)(c4ccccc4)C4=C5C=CCC4)c4ccc5sc6ccccc6c5c4)cc3)c21. The fourth-order valence-electron chi connectivity index (χ4n) is 11.1. The van der Waals surface area contributed by atoms with E-state index in [9.17, 15) is 0 Å². The Bertz CT molecular complexity index is 3180. The summed E-state index contributed by atoms with van der Waals surface area (Å²) in [5.41, 5.74) is 19.2. The lowest BCUT2D eigenvalue weighted by atomic mass is 9.65. The summed E-state index contributed by atoms with van der Waals surface area (Å²) >= 11 is 1.87. The van der Waals surface area contributed by atoms with Gasteiger partial charge in [-0.25, -0.2) is 0 Å². The van der Waals surface area contributed by atoms with Crippen molar-refractivity contribution < 1.29 is 0 Å². The smallest absolute Gasteiger partial charge is 0.0677 e. The quantitative estimate of drug-likeness (QED) is 0.162. The van der Waals surface area contributed by atoms with E-state index < -0.39 is 5.41 Å². The molecule has 0 N–H and O–H groups in total. The van der Waals surface area contributed by atoms with Gasteiger partial charge in [-0.1, -0.05) is 166 Å². The molecule has 0 spiro atoms. The first-order valence-corrected chi connectivity index (χ1v) is 22.0. The predicted molar refractivity (Wildman–Crippen MR) is 255 cm³/mol. The second-order valence-electron chi connectivity index (χ2n) is 17.1. The van der Waals surface area contributed by atoms with Crippen LogP contribution >= 0.6 is 11.3 Å². The van der Waals surface area contributed by atoms with Crippen molar-refractivity contribution in [2.24, 2.45) is 0 Å². The molecule has 0 saturated heterocycles. The summed E-state index contributed by atoms with van der Waals surface area (Å²) < 4.78 is 2.63. The van der Waals surface area contributed by atoms with E-state index >= 15 is 0 Å². The van der Waals surface area contributed by atoms with Gasteiger partial charge in [0.2, 0.25) is 0 Å². The fraction of sp³-hybridized carbons (Fsp3) is 0.103. The van der Waals surface area contributed by atoms with Crippen LogP contribution in [0.2, 0.25) is 0 Å². The maximum absolute atomic E-state index is 2.51. The molecular weight excluding hydrogens is 743 g/mol. The van der Waals surface area contributed by atoms with E-state index in [0.29, 0.717) is 0 Å². The molecule has 1 heterocycles. The zero-order chi connectivity index (χ0) is 40.0. The summed E-state index contributed by atoms with van der Waals surface area (Å²) in [6, 6.07) is 70.7. The van der Waals surface area contributed by atoms with E-state index in [4.69, 9.17) is 0 Å². The molecule has 0 aliphatic heterocycles. The van der Waals surface area contributed by atoms with Gasteiger partial charge in [-0.2, -0.15) is 0 Å². The summed E-state index contributed by atoms with van der Waals surface area (Å²) in [5.74, 6) is 0. The lowest BCUT2D eigenvalue weighted by molar-refractivity contribution is 0.662. The Kier molecular flexibility index (Phi) is 7.86. The van der Waals surface area contributed by atoms with E-state index in [1.807, 2.05) is 11.3 Å². The minimum absolute atomic E-state index is 0.0945. The Labute approximate surface area is 356 Å². The molecule has 0 unspecified atom stereocenters. The normalized spacial score (nSPS) is 15.5. The molecule has 60 heavy (non-hydrogen) atoms. The molecule has 0 saturated carbocycles. The highest BCUT2D eigenvalue weighted by Crippen LogP contribution is 2.58. The van der Waals surface area contributed by atoms with Crippen molar-refractivity contribution in [3.05, 3.63) is 239 Å². The average Bonchev–Trinajstić information content (AvgIpc) is 3.91. The zero-order valence-corrected chi connectivity index (χ0v) is 34.6. The fourth-order valence-corrected chi connectivity index (χ4v) is 12.2. The number of benzene rings is 8. The van der Waals surface area contributed by atoms with Crippen molar-refractivity contribution in [2.45, 2.75) is 37.5 Å².